The molecule has 0 saturated carbocycles. The van der Waals surface area contributed by atoms with Gasteiger partial charge in [-0.3, -0.25) is 4.79 Å². The summed E-state index contributed by atoms with van der Waals surface area (Å²) in [5, 5.41) is 6.85. The van der Waals surface area contributed by atoms with E-state index in [0.717, 1.165) is 25.9 Å². The van der Waals surface area contributed by atoms with Crippen LogP contribution in [0.15, 0.2) is 48.5 Å². The second-order valence-electron chi connectivity index (χ2n) is 5.61. The highest BCUT2D eigenvalue weighted by molar-refractivity contribution is 6.30. The maximum atomic E-state index is 12.2. The molecule has 1 heterocycles. The van der Waals surface area contributed by atoms with Gasteiger partial charge in [-0.15, -0.1) is 0 Å². The molecule has 3 nitrogen and oxygen atoms in total. The Bertz CT molecular complexity index is 648. The third-order valence-electron chi connectivity index (χ3n) is 4.07. The summed E-state index contributed by atoms with van der Waals surface area (Å²) in [4.78, 5) is 12.2. The predicted octanol–water partition coefficient (Wildman–Crippen LogP) is 4.06. The van der Waals surface area contributed by atoms with Gasteiger partial charge in [0.05, 0.1) is 0 Å². The number of hydrogen-bond acceptors (Lipinski definition) is 2. The lowest BCUT2D eigenvalue weighted by Crippen LogP contribution is -2.26. The highest BCUT2D eigenvalue weighted by Crippen LogP contribution is 2.25. The third kappa shape index (κ3) is 3.67. The SMILES string of the molecule is O=C(Nc1cccc(Cl)c1)c1ccc(C2CCNCC2)cc1. The average molecular weight is 315 g/mol. The average Bonchev–Trinajstić information content (AvgIpc) is 2.56. The summed E-state index contributed by atoms with van der Waals surface area (Å²) in [5.41, 5.74) is 2.69. The van der Waals surface area contributed by atoms with Crippen molar-refractivity contribution in [3.63, 3.8) is 0 Å². The fourth-order valence-electron chi connectivity index (χ4n) is 2.83. The van der Waals surface area contributed by atoms with Crippen LogP contribution in [0.3, 0.4) is 0 Å². The first kappa shape index (κ1) is 15.1. The number of nitrogens with one attached hydrogen (secondary N) is 2. The van der Waals surface area contributed by atoms with E-state index >= 15 is 0 Å². The number of hydrogen-bond donors (Lipinski definition) is 2. The van der Waals surface area contributed by atoms with Crippen molar-refractivity contribution in [3.8, 4) is 0 Å². The number of rotatable bonds is 3. The van der Waals surface area contributed by atoms with Crippen LogP contribution >= 0.6 is 11.6 Å². The fourth-order valence-corrected chi connectivity index (χ4v) is 3.02. The Morgan fingerprint density at radius 1 is 1.09 bits per heavy atom. The summed E-state index contributed by atoms with van der Waals surface area (Å²) in [6, 6.07) is 15.1. The molecule has 1 aliphatic heterocycles. The van der Waals surface area contributed by atoms with Crippen LogP contribution < -0.4 is 10.6 Å². The van der Waals surface area contributed by atoms with Gasteiger partial charge in [-0.05, 0) is 67.7 Å². The van der Waals surface area contributed by atoms with Crippen LogP contribution in [0.2, 0.25) is 5.02 Å². The number of piperidine rings is 1. The molecule has 1 amide bonds. The molecular formula is C18H19ClN2O. The zero-order chi connectivity index (χ0) is 15.4. The lowest BCUT2D eigenvalue weighted by Gasteiger charge is -2.23. The van der Waals surface area contributed by atoms with Gasteiger partial charge in [0, 0.05) is 16.3 Å². The van der Waals surface area contributed by atoms with Crippen molar-refractivity contribution >= 4 is 23.2 Å². The molecule has 0 atom stereocenters. The van der Waals surface area contributed by atoms with Gasteiger partial charge < -0.3 is 10.6 Å². The van der Waals surface area contributed by atoms with Gasteiger partial charge >= 0.3 is 0 Å². The smallest absolute Gasteiger partial charge is 0.255 e. The maximum Gasteiger partial charge on any atom is 0.255 e. The van der Waals surface area contributed by atoms with Crippen LogP contribution in [-0.2, 0) is 0 Å². The summed E-state index contributed by atoms with van der Waals surface area (Å²) < 4.78 is 0. The van der Waals surface area contributed by atoms with Crippen LogP contribution in [0.5, 0.6) is 0 Å². The number of benzene rings is 2. The van der Waals surface area contributed by atoms with Crippen molar-refractivity contribution in [1.82, 2.24) is 5.32 Å². The molecule has 114 valence electrons. The van der Waals surface area contributed by atoms with Gasteiger partial charge in [0.15, 0.2) is 0 Å². The molecule has 0 bridgehead atoms. The molecule has 0 spiro atoms. The molecule has 2 aromatic carbocycles. The molecule has 3 rings (SSSR count). The first-order valence-corrected chi connectivity index (χ1v) is 7.98. The number of anilines is 1. The molecule has 0 unspecified atom stereocenters. The number of halogens is 1. The maximum absolute atomic E-state index is 12.2. The molecular weight excluding hydrogens is 296 g/mol. The van der Waals surface area contributed by atoms with Gasteiger partial charge in [-0.1, -0.05) is 29.8 Å². The Labute approximate surface area is 135 Å². The molecule has 2 N–H and O–H groups in total. The summed E-state index contributed by atoms with van der Waals surface area (Å²) in [5.74, 6) is 0.491. The highest BCUT2D eigenvalue weighted by Gasteiger charge is 2.15. The Morgan fingerprint density at radius 2 is 1.82 bits per heavy atom. The van der Waals surface area contributed by atoms with E-state index in [2.05, 4.69) is 22.8 Å². The number of carbonyl (C=O) groups excluding carboxylic acids is 1. The molecule has 1 saturated heterocycles. The highest BCUT2D eigenvalue weighted by atomic mass is 35.5. The van der Waals surface area contributed by atoms with Gasteiger partial charge in [-0.2, -0.15) is 0 Å². The van der Waals surface area contributed by atoms with Crippen LogP contribution in [0, 0.1) is 0 Å². The van der Waals surface area contributed by atoms with E-state index in [1.54, 1.807) is 12.1 Å². The Morgan fingerprint density at radius 3 is 2.50 bits per heavy atom. The van der Waals surface area contributed by atoms with Crippen molar-refractivity contribution in [3.05, 3.63) is 64.7 Å². The first-order valence-electron chi connectivity index (χ1n) is 7.60. The molecule has 2 aromatic rings. The topological polar surface area (TPSA) is 41.1 Å². The van der Waals surface area contributed by atoms with E-state index in [0.29, 0.717) is 22.2 Å². The van der Waals surface area contributed by atoms with Crippen LogP contribution in [0.1, 0.15) is 34.7 Å². The Hall–Kier alpha value is -1.84. The van der Waals surface area contributed by atoms with Crippen molar-refractivity contribution < 1.29 is 4.79 Å². The van der Waals surface area contributed by atoms with Crippen molar-refractivity contribution in [2.45, 2.75) is 18.8 Å². The minimum Gasteiger partial charge on any atom is -0.322 e. The van der Waals surface area contributed by atoms with Crippen LogP contribution in [0.4, 0.5) is 5.69 Å². The molecule has 0 radical (unpaired) electrons. The van der Waals surface area contributed by atoms with E-state index in [1.807, 2.05) is 24.3 Å². The summed E-state index contributed by atoms with van der Waals surface area (Å²) in [7, 11) is 0. The van der Waals surface area contributed by atoms with Crippen molar-refractivity contribution in [2.75, 3.05) is 18.4 Å². The number of amides is 1. The van der Waals surface area contributed by atoms with E-state index < -0.39 is 0 Å². The van der Waals surface area contributed by atoms with Gasteiger partial charge in [-0.25, -0.2) is 0 Å². The van der Waals surface area contributed by atoms with Crippen molar-refractivity contribution in [2.24, 2.45) is 0 Å². The molecule has 22 heavy (non-hydrogen) atoms. The quantitative estimate of drug-likeness (QED) is 0.897. The minimum atomic E-state index is -0.112. The zero-order valence-electron chi connectivity index (χ0n) is 12.3. The summed E-state index contributed by atoms with van der Waals surface area (Å²) in [6.07, 6.45) is 2.32. The monoisotopic (exact) mass is 314 g/mol. The molecule has 4 heteroatoms. The second kappa shape index (κ2) is 6.95. The van der Waals surface area contributed by atoms with Crippen LogP contribution in [-0.4, -0.2) is 19.0 Å². The normalized spacial score (nSPS) is 15.5. The standard InChI is InChI=1S/C18H19ClN2O/c19-16-2-1-3-17(12-16)21-18(22)15-6-4-13(5-7-15)14-8-10-20-11-9-14/h1-7,12,14,20H,8-11H2,(H,21,22). The molecule has 1 fully saturated rings. The largest absolute Gasteiger partial charge is 0.322 e. The molecule has 0 aromatic heterocycles. The summed E-state index contributed by atoms with van der Waals surface area (Å²) in [6.45, 7) is 2.14. The van der Waals surface area contributed by atoms with Crippen molar-refractivity contribution in [1.29, 1.82) is 0 Å². The van der Waals surface area contributed by atoms with E-state index in [1.165, 1.54) is 5.56 Å². The summed E-state index contributed by atoms with van der Waals surface area (Å²) >= 11 is 5.92. The predicted molar refractivity (Wildman–Crippen MR) is 90.7 cm³/mol. The lowest BCUT2D eigenvalue weighted by molar-refractivity contribution is 0.102. The zero-order valence-corrected chi connectivity index (χ0v) is 13.1. The fraction of sp³-hybridized carbons (Fsp3) is 0.278. The van der Waals surface area contributed by atoms with E-state index in [9.17, 15) is 4.79 Å². The second-order valence-corrected chi connectivity index (χ2v) is 6.05. The number of carbonyl (C=O) groups is 1. The van der Waals surface area contributed by atoms with Gasteiger partial charge in [0.25, 0.3) is 5.91 Å². The van der Waals surface area contributed by atoms with Crippen LogP contribution in [0.25, 0.3) is 0 Å². The third-order valence-corrected chi connectivity index (χ3v) is 4.30. The van der Waals surface area contributed by atoms with Gasteiger partial charge in [0.2, 0.25) is 0 Å². The Balaban J connectivity index is 1.68. The molecule has 0 aliphatic carbocycles. The minimum absolute atomic E-state index is 0.112. The van der Waals surface area contributed by atoms with E-state index in [-0.39, 0.29) is 5.91 Å². The Kier molecular flexibility index (Phi) is 4.76. The van der Waals surface area contributed by atoms with E-state index in [4.69, 9.17) is 11.6 Å². The lowest BCUT2D eigenvalue weighted by atomic mass is 9.90. The van der Waals surface area contributed by atoms with Gasteiger partial charge in [0.1, 0.15) is 0 Å². The molecule has 1 aliphatic rings. The first-order chi connectivity index (χ1) is 10.7.